The van der Waals surface area contributed by atoms with E-state index in [1.807, 2.05) is 18.2 Å². The monoisotopic (exact) mass is 458 g/mol. The number of benzene rings is 2. The Balaban J connectivity index is 1.61. The first-order valence-corrected chi connectivity index (χ1v) is 10.7. The lowest BCUT2D eigenvalue weighted by molar-refractivity contribution is -0.385. The molecule has 33 heavy (non-hydrogen) atoms. The molecule has 1 saturated carbocycles. The van der Waals surface area contributed by atoms with Crippen molar-refractivity contribution in [2.75, 3.05) is 40.6 Å². The van der Waals surface area contributed by atoms with E-state index in [9.17, 15) is 14.9 Å². The molecule has 176 valence electrons. The van der Waals surface area contributed by atoms with Crippen molar-refractivity contribution in [2.24, 2.45) is 5.92 Å². The van der Waals surface area contributed by atoms with Crippen LogP contribution in [0.1, 0.15) is 34.8 Å². The van der Waals surface area contributed by atoms with Gasteiger partial charge in [0.15, 0.2) is 23.0 Å². The summed E-state index contributed by atoms with van der Waals surface area (Å²) in [4.78, 5) is 24.4. The zero-order valence-electron chi connectivity index (χ0n) is 18.5. The highest BCUT2D eigenvalue weighted by Crippen LogP contribution is 2.44. The third-order valence-corrected chi connectivity index (χ3v) is 5.57. The first kappa shape index (κ1) is 22.7. The van der Waals surface area contributed by atoms with Crippen molar-refractivity contribution >= 4 is 11.6 Å². The average Bonchev–Trinajstić information content (AvgIpc) is 3.67. The molecule has 0 spiro atoms. The predicted octanol–water partition coefficient (Wildman–Crippen LogP) is 3.28. The highest BCUT2D eigenvalue weighted by Gasteiger charge is 2.36. The van der Waals surface area contributed by atoms with Crippen LogP contribution in [0.2, 0.25) is 0 Å². The second-order valence-corrected chi connectivity index (χ2v) is 7.81. The van der Waals surface area contributed by atoms with Crippen molar-refractivity contribution in [1.29, 1.82) is 0 Å². The van der Waals surface area contributed by atoms with Crippen molar-refractivity contribution < 1.29 is 33.4 Å². The molecule has 0 bridgehead atoms. The Hall–Kier alpha value is -3.53. The molecule has 1 amide bonds. The van der Waals surface area contributed by atoms with Crippen molar-refractivity contribution in [3.8, 4) is 23.0 Å². The van der Waals surface area contributed by atoms with E-state index in [1.165, 1.54) is 26.4 Å². The number of ether oxygens (including phenoxy) is 5. The molecule has 10 heteroatoms. The largest absolute Gasteiger partial charge is 0.493 e. The molecular weight excluding hydrogens is 432 g/mol. The number of hydrogen-bond donors (Lipinski definition) is 1. The van der Waals surface area contributed by atoms with E-state index in [1.54, 1.807) is 0 Å². The minimum absolute atomic E-state index is 0.0980. The maximum absolute atomic E-state index is 13.2. The molecule has 0 saturated heterocycles. The number of hydrogen-bond acceptors (Lipinski definition) is 8. The summed E-state index contributed by atoms with van der Waals surface area (Å²) in [7, 11) is 2.93. The minimum atomic E-state index is -0.603. The first-order chi connectivity index (χ1) is 16.0. The summed E-state index contributed by atoms with van der Waals surface area (Å²) in [5, 5.41) is 14.7. The van der Waals surface area contributed by atoms with Crippen molar-refractivity contribution in [3.05, 3.63) is 51.6 Å². The van der Waals surface area contributed by atoms with Crippen LogP contribution in [0, 0.1) is 16.0 Å². The SMILES string of the molecule is COCCOc1cc([N+](=O)[O-])c(C(=O)NC(c2ccc3c(c2)OCCO3)C2CC2)cc1OC. The highest BCUT2D eigenvalue weighted by molar-refractivity contribution is 5.99. The summed E-state index contributed by atoms with van der Waals surface area (Å²) in [5.41, 5.74) is 0.404. The summed E-state index contributed by atoms with van der Waals surface area (Å²) < 4.78 is 27.0. The average molecular weight is 458 g/mol. The number of fused-ring (bicyclic) bond motifs is 1. The summed E-state index contributed by atoms with van der Waals surface area (Å²) in [6.45, 7) is 1.44. The van der Waals surface area contributed by atoms with Gasteiger partial charge in [-0.05, 0) is 36.5 Å². The Morgan fingerprint density at radius 1 is 1.12 bits per heavy atom. The maximum Gasteiger partial charge on any atom is 0.286 e. The lowest BCUT2D eigenvalue weighted by atomic mass is 10.0. The van der Waals surface area contributed by atoms with E-state index in [-0.39, 0.29) is 41.3 Å². The molecule has 0 radical (unpaired) electrons. The van der Waals surface area contributed by atoms with Crippen molar-refractivity contribution in [2.45, 2.75) is 18.9 Å². The molecule has 1 unspecified atom stereocenters. The number of nitro benzene ring substituents is 1. The third-order valence-electron chi connectivity index (χ3n) is 5.57. The van der Waals surface area contributed by atoms with Gasteiger partial charge in [-0.2, -0.15) is 0 Å². The zero-order valence-corrected chi connectivity index (χ0v) is 18.5. The van der Waals surface area contributed by atoms with Gasteiger partial charge in [-0.3, -0.25) is 14.9 Å². The summed E-state index contributed by atoms with van der Waals surface area (Å²) in [6.07, 6.45) is 1.91. The summed E-state index contributed by atoms with van der Waals surface area (Å²) in [6, 6.07) is 7.81. The van der Waals surface area contributed by atoms with Crippen LogP contribution in [-0.4, -0.2) is 51.5 Å². The van der Waals surface area contributed by atoms with Gasteiger partial charge in [-0.1, -0.05) is 6.07 Å². The molecule has 1 atom stereocenters. The van der Waals surface area contributed by atoms with Crippen LogP contribution in [0.25, 0.3) is 0 Å². The maximum atomic E-state index is 13.2. The number of amides is 1. The van der Waals surface area contributed by atoms with Gasteiger partial charge in [0.2, 0.25) is 0 Å². The van der Waals surface area contributed by atoms with E-state index < -0.39 is 10.8 Å². The van der Waals surface area contributed by atoms with Gasteiger partial charge in [-0.25, -0.2) is 0 Å². The summed E-state index contributed by atoms with van der Waals surface area (Å²) >= 11 is 0. The number of rotatable bonds is 10. The van der Waals surface area contributed by atoms with Crippen LogP contribution < -0.4 is 24.3 Å². The predicted molar refractivity (Wildman–Crippen MR) is 117 cm³/mol. The fraction of sp³-hybridized carbons (Fsp3) is 0.435. The van der Waals surface area contributed by atoms with Gasteiger partial charge in [0.05, 0.1) is 30.7 Å². The molecule has 1 aliphatic carbocycles. The van der Waals surface area contributed by atoms with Gasteiger partial charge in [0, 0.05) is 13.2 Å². The molecule has 1 heterocycles. The van der Waals surface area contributed by atoms with Gasteiger partial charge in [-0.15, -0.1) is 0 Å². The molecule has 10 nitrogen and oxygen atoms in total. The van der Waals surface area contributed by atoms with E-state index in [4.69, 9.17) is 23.7 Å². The van der Waals surface area contributed by atoms with Crippen LogP contribution in [-0.2, 0) is 4.74 Å². The van der Waals surface area contributed by atoms with Crippen LogP contribution >= 0.6 is 0 Å². The second kappa shape index (κ2) is 9.95. The van der Waals surface area contributed by atoms with Gasteiger partial charge in [0.1, 0.15) is 25.4 Å². The van der Waals surface area contributed by atoms with E-state index >= 15 is 0 Å². The second-order valence-electron chi connectivity index (χ2n) is 7.81. The van der Waals surface area contributed by atoms with Gasteiger partial charge >= 0.3 is 0 Å². The smallest absolute Gasteiger partial charge is 0.286 e. The standard InChI is InChI=1S/C23H26N2O8/c1-29-7-8-32-21-13-17(25(27)28)16(12-19(21)30-2)23(26)24-22(14-3-4-14)15-5-6-18-20(11-15)33-10-9-31-18/h5-6,11-14,22H,3-4,7-10H2,1-2H3,(H,24,26). The van der Waals surface area contributed by atoms with E-state index in [2.05, 4.69) is 5.32 Å². The zero-order chi connectivity index (χ0) is 23.4. The molecule has 1 fully saturated rings. The number of nitrogens with one attached hydrogen (secondary N) is 1. The Morgan fingerprint density at radius 3 is 2.55 bits per heavy atom. The fourth-order valence-corrected chi connectivity index (χ4v) is 3.76. The first-order valence-electron chi connectivity index (χ1n) is 10.7. The third kappa shape index (κ3) is 5.11. The number of methoxy groups -OCH3 is 2. The number of carbonyl (C=O) groups is 1. The number of nitrogens with zero attached hydrogens (tertiary/aromatic N) is 1. The normalized spacial score (nSPS) is 15.5. The molecular formula is C23H26N2O8. The van der Waals surface area contributed by atoms with Crippen LogP contribution in [0.4, 0.5) is 5.69 Å². The topological polar surface area (TPSA) is 118 Å². The van der Waals surface area contributed by atoms with Crippen LogP contribution in [0.5, 0.6) is 23.0 Å². The number of carbonyl (C=O) groups excluding carboxylic acids is 1. The lowest BCUT2D eigenvalue weighted by Crippen LogP contribution is -2.30. The summed E-state index contributed by atoms with van der Waals surface area (Å²) in [5.74, 6) is 1.37. The Morgan fingerprint density at radius 2 is 1.88 bits per heavy atom. The molecule has 2 aromatic carbocycles. The highest BCUT2D eigenvalue weighted by atomic mass is 16.6. The van der Waals surface area contributed by atoms with Crippen LogP contribution in [0.15, 0.2) is 30.3 Å². The Kier molecular flexibility index (Phi) is 6.83. The molecule has 1 aliphatic heterocycles. The quantitative estimate of drug-likeness (QED) is 0.327. The lowest BCUT2D eigenvalue weighted by Gasteiger charge is -2.23. The Bertz CT molecular complexity index is 1040. The number of nitro groups is 1. The fourth-order valence-electron chi connectivity index (χ4n) is 3.76. The molecule has 1 N–H and O–H groups in total. The van der Waals surface area contributed by atoms with Crippen molar-refractivity contribution in [1.82, 2.24) is 5.32 Å². The van der Waals surface area contributed by atoms with Gasteiger partial charge in [0.25, 0.3) is 11.6 Å². The van der Waals surface area contributed by atoms with E-state index in [0.717, 1.165) is 18.4 Å². The van der Waals surface area contributed by atoms with E-state index in [0.29, 0.717) is 31.3 Å². The van der Waals surface area contributed by atoms with Gasteiger partial charge < -0.3 is 29.0 Å². The van der Waals surface area contributed by atoms with Crippen molar-refractivity contribution in [3.63, 3.8) is 0 Å². The molecule has 2 aromatic rings. The minimum Gasteiger partial charge on any atom is -0.493 e. The molecule has 2 aliphatic rings. The molecule has 4 rings (SSSR count). The van der Waals surface area contributed by atoms with Crippen LogP contribution in [0.3, 0.4) is 0 Å². The molecule has 0 aromatic heterocycles. The Labute approximate surface area is 190 Å².